The van der Waals surface area contributed by atoms with E-state index in [0.29, 0.717) is 5.75 Å². The molecule has 0 aliphatic rings. The Morgan fingerprint density at radius 2 is 2.05 bits per heavy atom. The average molecular weight is 403 g/mol. The van der Waals surface area contributed by atoms with Crippen LogP contribution in [0.2, 0.25) is 0 Å². The molecule has 0 saturated heterocycles. The van der Waals surface area contributed by atoms with Crippen molar-refractivity contribution in [3.05, 3.63) is 28.2 Å². The highest BCUT2D eigenvalue weighted by Gasteiger charge is 2.31. The first-order chi connectivity index (χ1) is 10.1. The van der Waals surface area contributed by atoms with Crippen LogP contribution in [0.4, 0.5) is 13.2 Å². The summed E-state index contributed by atoms with van der Waals surface area (Å²) in [4.78, 5) is 10.8. The van der Waals surface area contributed by atoms with Gasteiger partial charge in [0.1, 0.15) is 11.9 Å². The van der Waals surface area contributed by atoms with Gasteiger partial charge in [-0.3, -0.25) is 4.79 Å². The minimum atomic E-state index is -4.80. The number of hydrogen-bond donors (Lipinski definition) is 2. The predicted molar refractivity (Wildman–Crippen MR) is 79.5 cm³/mol. The molecule has 0 saturated carbocycles. The van der Waals surface area contributed by atoms with Crippen molar-refractivity contribution >= 4 is 32.8 Å². The van der Waals surface area contributed by atoms with Crippen LogP contribution in [0.5, 0.6) is 5.75 Å². The van der Waals surface area contributed by atoms with Crippen molar-refractivity contribution in [2.75, 3.05) is 5.75 Å². The van der Waals surface area contributed by atoms with Crippen LogP contribution in [0, 0.1) is 0 Å². The molecule has 0 amide bonds. The van der Waals surface area contributed by atoms with E-state index in [1.807, 2.05) is 0 Å². The highest BCUT2D eigenvalue weighted by atomic mass is 79.9. The number of carbonyl (C=O) groups is 1. The van der Waals surface area contributed by atoms with Gasteiger partial charge in [-0.25, -0.2) is 0 Å². The summed E-state index contributed by atoms with van der Waals surface area (Å²) in [5.74, 6) is -0.0996. The van der Waals surface area contributed by atoms with Crippen molar-refractivity contribution in [1.82, 2.24) is 0 Å². The maximum absolute atomic E-state index is 12.1. The van der Waals surface area contributed by atoms with E-state index < -0.39 is 24.3 Å². The average Bonchev–Trinajstić information content (AvgIpc) is 2.35. The van der Waals surface area contributed by atoms with E-state index in [9.17, 15) is 28.2 Å². The van der Waals surface area contributed by atoms with Crippen molar-refractivity contribution in [3.8, 4) is 5.75 Å². The van der Waals surface area contributed by atoms with Gasteiger partial charge in [0, 0.05) is 17.1 Å². The smallest absolute Gasteiger partial charge is 0.406 e. The molecule has 22 heavy (non-hydrogen) atoms. The monoisotopic (exact) mass is 402 g/mol. The van der Waals surface area contributed by atoms with Crippen molar-refractivity contribution < 1.29 is 32.9 Å². The first kappa shape index (κ1) is 19.3. The Morgan fingerprint density at radius 1 is 1.41 bits per heavy atom. The van der Waals surface area contributed by atoms with Crippen LogP contribution in [-0.4, -0.2) is 33.5 Å². The molecule has 0 aliphatic heterocycles. The third kappa shape index (κ3) is 6.55. The molecule has 0 spiro atoms. The van der Waals surface area contributed by atoms with Gasteiger partial charge in [0.05, 0.1) is 6.10 Å². The van der Waals surface area contributed by atoms with E-state index in [1.54, 1.807) is 0 Å². The highest BCUT2D eigenvalue weighted by Crippen LogP contribution is 2.32. The van der Waals surface area contributed by atoms with Crippen LogP contribution >= 0.6 is 27.7 Å². The molecule has 2 unspecified atom stereocenters. The van der Waals surface area contributed by atoms with E-state index in [2.05, 4.69) is 20.7 Å². The van der Waals surface area contributed by atoms with Crippen LogP contribution in [-0.2, 0) is 4.79 Å². The number of aliphatic hydroxyl groups is 2. The molecule has 1 aromatic rings. The molecule has 2 atom stereocenters. The predicted octanol–water partition coefficient (Wildman–Crippen LogP) is 3.41. The van der Waals surface area contributed by atoms with Crippen LogP contribution in [0.25, 0.3) is 0 Å². The van der Waals surface area contributed by atoms with Gasteiger partial charge in [0.2, 0.25) is 0 Å². The summed E-state index contributed by atoms with van der Waals surface area (Å²) in [6.07, 6.45) is -7.07. The zero-order valence-electron chi connectivity index (χ0n) is 11.4. The lowest BCUT2D eigenvalue weighted by molar-refractivity contribution is -0.274. The number of carbonyl (C=O) groups excluding carboxylic acids is 1. The molecule has 0 aromatic heterocycles. The van der Waals surface area contributed by atoms with Gasteiger partial charge in [0.15, 0.2) is 5.12 Å². The van der Waals surface area contributed by atoms with Gasteiger partial charge in [-0.1, -0.05) is 33.8 Å². The van der Waals surface area contributed by atoms with Gasteiger partial charge < -0.3 is 14.9 Å². The lowest BCUT2D eigenvalue weighted by Gasteiger charge is -2.19. The van der Waals surface area contributed by atoms with Crippen molar-refractivity contribution in [3.63, 3.8) is 0 Å². The van der Waals surface area contributed by atoms with Crippen molar-refractivity contribution in [2.24, 2.45) is 0 Å². The molecule has 9 heteroatoms. The summed E-state index contributed by atoms with van der Waals surface area (Å²) < 4.78 is 40.3. The van der Waals surface area contributed by atoms with Crippen LogP contribution in [0.15, 0.2) is 22.7 Å². The fourth-order valence-electron chi connectivity index (χ4n) is 1.63. The molecule has 1 rings (SSSR count). The van der Waals surface area contributed by atoms with Crippen LogP contribution < -0.4 is 4.74 Å². The fraction of sp³-hybridized carbons (Fsp3) is 0.462. The largest absolute Gasteiger partial charge is 0.573 e. The second-order valence-electron chi connectivity index (χ2n) is 4.37. The number of ether oxygens (including phenoxy) is 1. The van der Waals surface area contributed by atoms with Gasteiger partial charge in [-0.2, -0.15) is 0 Å². The first-order valence-corrected chi connectivity index (χ1v) is 7.92. The minimum Gasteiger partial charge on any atom is -0.406 e. The van der Waals surface area contributed by atoms with E-state index >= 15 is 0 Å². The quantitative estimate of drug-likeness (QED) is 0.762. The van der Waals surface area contributed by atoms with Gasteiger partial charge >= 0.3 is 6.36 Å². The Hall–Kier alpha value is -0.770. The summed E-state index contributed by atoms with van der Waals surface area (Å²) in [6.45, 7) is 1.39. The summed E-state index contributed by atoms with van der Waals surface area (Å²) >= 11 is 4.06. The second kappa shape index (κ2) is 8.19. The normalized spacial score (nSPS) is 14.5. The van der Waals surface area contributed by atoms with Crippen molar-refractivity contribution in [1.29, 1.82) is 0 Å². The number of halogens is 4. The lowest BCUT2D eigenvalue weighted by atomic mass is 10.0. The van der Waals surface area contributed by atoms with Crippen LogP contribution in [0.1, 0.15) is 25.0 Å². The van der Waals surface area contributed by atoms with E-state index in [0.717, 1.165) is 23.9 Å². The van der Waals surface area contributed by atoms with Gasteiger partial charge in [0.25, 0.3) is 0 Å². The topological polar surface area (TPSA) is 66.8 Å². The number of benzene rings is 1. The molecule has 0 fully saturated rings. The molecule has 0 bridgehead atoms. The second-order valence-corrected chi connectivity index (χ2v) is 6.50. The molecule has 0 heterocycles. The Balaban J connectivity index is 2.73. The third-order valence-electron chi connectivity index (χ3n) is 2.61. The molecule has 4 nitrogen and oxygen atoms in total. The Bertz CT molecular complexity index is 524. The van der Waals surface area contributed by atoms with Crippen molar-refractivity contribution in [2.45, 2.75) is 31.9 Å². The summed E-state index contributed by atoms with van der Waals surface area (Å²) in [7, 11) is 0. The number of aliphatic hydroxyl groups excluding tert-OH is 2. The Labute approximate surface area is 137 Å². The van der Waals surface area contributed by atoms with Gasteiger partial charge in [-0.05, 0) is 24.1 Å². The summed E-state index contributed by atoms with van der Waals surface area (Å²) in [5.41, 5.74) is 0.231. The molecule has 0 radical (unpaired) electrons. The number of rotatable bonds is 6. The zero-order chi connectivity index (χ0) is 16.9. The number of hydrogen-bond acceptors (Lipinski definition) is 5. The fourth-order valence-corrected chi connectivity index (χ4v) is 2.87. The first-order valence-electron chi connectivity index (χ1n) is 6.15. The molecular formula is C13H14BrF3O4S. The highest BCUT2D eigenvalue weighted by molar-refractivity contribution is 9.10. The maximum Gasteiger partial charge on any atom is 0.573 e. The summed E-state index contributed by atoms with van der Waals surface area (Å²) in [6, 6.07) is 3.34. The minimum absolute atomic E-state index is 0.100. The maximum atomic E-state index is 12.1. The Kier molecular flexibility index (Phi) is 7.17. The molecule has 2 N–H and O–H groups in total. The number of alkyl halides is 3. The molecular weight excluding hydrogens is 389 g/mol. The Morgan fingerprint density at radius 3 is 2.55 bits per heavy atom. The van der Waals surface area contributed by atoms with E-state index in [4.69, 9.17) is 0 Å². The molecule has 0 aliphatic carbocycles. The van der Waals surface area contributed by atoms with E-state index in [1.165, 1.54) is 13.0 Å². The molecule has 1 aromatic carbocycles. The standard InChI is InChI=1S/C13H14BrF3O4S/c1-7(18)22-5-4-11(19)12(20)9-3-2-8(6-10(9)14)21-13(15,16)17/h2-3,6,11-12,19-20H,4-5H2,1H3. The van der Waals surface area contributed by atoms with Gasteiger partial charge in [-0.15, -0.1) is 13.2 Å². The zero-order valence-corrected chi connectivity index (χ0v) is 13.8. The van der Waals surface area contributed by atoms with E-state index in [-0.39, 0.29) is 21.6 Å². The lowest BCUT2D eigenvalue weighted by Crippen LogP contribution is -2.20. The summed E-state index contributed by atoms with van der Waals surface area (Å²) in [5, 5.41) is 19.8. The molecule has 124 valence electrons. The third-order valence-corrected chi connectivity index (χ3v) is 4.14. The SMILES string of the molecule is CC(=O)SCCC(O)C(O)c1ccc(OC(F)(F)F)cc1Br. The van der Waals surface area contributed by atoms with Crippen LogP contribution in [0.3, 0.4) is 0 Å². The number of thioether (sulfide) groups is 1.